The first-order valence-corrected chi connectivity index (χ1v) is 8.22. The number of anilines is 1. The molecule has 25 heavy (non-hydrogen) atoms. The van der Waals surface area contributed by atoms with Crippen LogP contribution in [0.4, 0.5) is 5.69 Å². The molecule has 0 bridgehead atoms. The minimum atomic E-state index is 0.749. The number of pyridine rings is 1. The summed E-state index contributed by atoms with van der Waals surface area (Å²) in [5.41, 5.74) is 8.45. The molecule has 6 nitrogen and oxygen atoms in total. The molecular weight excluding hydrogens is 314 g/mol. The standard InChI is InChI=1S/C19H19N5O/c1-24-7-6-15-8-18(21-9-16(15)12-24)10-22-23-17-4-2-14(3-5-17)19-11-20-13-25-19/h2-5,8-11,13,23H,6-7,12H2,1H3/b22-10+. The Bertz CT molecular complexity index is 871. The highest BCUT2D eigenvalue weighted by Gasteiger charge is 2.13. The Morgan fingerprint density at radius 1 is 1.20 bits per heavy atom. The third kappa shape index (κ3) is 3.59. The highest BCUT2D eigenvalue weighted by Crippen LogP contribution is 2.21. The van der Waals surface area contributed by atoms with Gasteiger partial charge in [-0.25, -0.2) is 4.98 Å². The maximum atomic E-state index is 5.28. The van der Waals surface area contributed by atoms with Crippen molar-refractivity contribution in [1.29, 1.82) is 0 Å². The molecule has 0 aliphatic carbocycles. The second kappa shape index (κ2) is 6.86. The molecule has 4 rings (SSSR count). The van der Waals surface area contributed by atoms with Gasteiger partial charge in [0, 0.05) is 24.8 Å². The molecular formula is C19H19N5O. The number of rotatable bonds is 4. The normalized spacial score (nSPS) is 14.6. The van der Waals surface area contributed by atoms with Crippen LogP contribution in [0.2, 0.25) is 0 Å². The molecule has 0 atom stereocenters. The maximum absolute atomic E-state index is 5.28. The molecule has 6 heteroatoms. The van der Waals surface area contributed by atoms with E-state index in [1.807, 2.05) is 30.5 Å². The van der Waals surface area contributed by atoms with Gasteiger partial charge in [0.2, 0.25) is 0 Å². The van der Waals surface area contributed by atoms with Crippen LogP contribution < -0.4 is 5.43 Å². The third-order valence-corrected chi connectivity index (χ3v) is 4.30. The molecule has 0 spiro atoms. The lowest BCUT2D eigenvalue weighted by atomic mass is 10.0. The first-order valence-electron chi connectivity index (χ1n) is 8.22. The lowest BCUT2D eigenvalue weighted by Gasteiger charge is -2.24. The van der Waals surface area contributed by atoms with Crippen molar-refractivity contribution in [2.24, 2.45) is 5.10 Å². The van der Waals surface area contributed by atoms with Crippen molar-refractivity contribution in [3.63, 3.8) is 0 Å². The molecule has 2 aromatic heterocycles. The number of nitrogens with one attached hydrogen (secondary N) is 1. The van der Waals surface area contributed by atoms with E-state index in [1.54, 1.807) is 12.4 Å². The van der Waals surface area contributed by atoms with E-state index in [9.17, 15) is 0 Å². The van der Waals surface area contributed by atoms with Gasteiger partial charge in [-0.2, -0.15) is 5.10 Å². The monoisotopic (exact) mass is 333 g/mol. The largest absolute Gasteiger partial charge is 0.444 e. The van der Waals surface area contributed by atoms with Gasteiger partial charge in [0.05, 0.1) is 23.8 Å². The van der Waals surface area contributed by atoms with Crippen LogP contribution in [0.1, 0.15) is 16.8 Å². The highest BCUT2D eigenvalue weighted by molar-refractivity contribution is 5.78. The zero-order valence-electron chi connectivity index (χ0n) is 14.0. The maximum Gasteiger partial charge on any atom is 0.181 e. The van der Waals surface area contributed by atoms with E-state index in [4.69, 9.17) is 4.42 Å². The predicted molar refractivity (Wildman–Crippen MR) is 97.4 cm³/mol. The van der Waals surface area contributed by atoms with Crippen LogP contribution in [0.25, 0.3) is 11.3 Å². The van der Waals surface area contributed by atoms with Crippen molar-refractivity contribution in [3.05, 3.63) is 65.9 Å². The fraction of sp³-hybridized carbons (Fsp3) is 0.211. The quantitative estimate of drug-likeness (QED) is 0.587. The molecule has 0 radical (unpaired) electrons. The Kier molecular flexibility index (Phi) is 4.26. The number of fused-ring (bicyclic) bond motifs is 1. The average Bonchev–Trinajstić information content (AvgIpc) is 3.17. The topological polar surface area (TPSA) is 66.5 Å². The molecule has 1 aliphatic heterocycles. The minimum Gasteiger partial charge on any atom is -0.444 e. The van der Waals surface area contributed by atoms with E-state index < -0.39 is 0 Å². The van der Waals surface area contributed by atoms with Gasteiger partial charge in [-0.15, -0.1) is 0 Å². The Labute approximate surface area is 146 Å². The lowest BCUT2D eigenvalue weighted by Crippen LogP contribution is -2.26. The summed E-state index contributed by atoms with van der Waals surface area (Å²) >= 11 is 0. The average molecular weight is 333 g/mol. The van der Waals surface area contributed by atoms with E-state index in [-0.39, 0.29) is 0 Å². The Morgan fingerprint density at radius 3 is 2.88 bits per heavy atom. The van der Waals surface area contributed by atoms with E-state index >= 15 is 0 Å². The van der Waals surface area contributed by atoms with Gasteiger partial charge in [-0.1, -0.05) is 0 Å². The van der Waals surface area contributed by atoms with Gasteiger partial charge < -0.3 is 9.32 Å². The third-order valence-electron chi connectivity index (χ3n) is 4.30. The number of hydrogen-bond acceptors (Lipinski definition) is 6. The summed E-state index contributed by atoms with van der Waals surface area (Å²) in [6.45, 7) is 2.05. The van der Waals surface area contributed by atoms with Crippen LogP contribution in [-0.2, 0) is 13.0 Å². The highest BCUT2D eigenvalue weighted by atomic mass is 16.3. The van der Waals surface area contributed by atoms with Gasteiger partial charge in [0.15, 0.2) is 12.2 Å². The van der Waals surface area contributed by atoms with Crippen LogP contribution in [-0.4, -0.2) is 34.7 Å². The fourth-order valence-electron chi connectivity index (χ4n) is 2.91. The molecule has 1 aromatic carbocycles. The number of aromatic nitrogens is 2. The second-order valence-electron chi connectivity index (χ2n) is 6.18. The summed E-state index contributed by atoms with van der Waals surface area (Å²) in [6, 6.07) is 9.95. The second-order valence-corrected chi connectivity index (χ2v) is 6.18. The Balaban J connectivity index is 1.41. The van der Waals surface area contributed by atoms with E-state index in [1.165, 1.54) is 17.5 Å². The number of benzene rings is 1. The predicted octanol–water partition coefficient (Wildman–Crippen LogP) is 3.17. The number of hydrogen-bond donors (Lipinski definition) is 1. The van der Waals surface area contributed by atoms with Crippen LogP contribution in [0, 0.1) is 0 Å². The van der Waals surface area contributed by atoms with Crippen LogP contribution >= 0.6 is 0 Å². The smallest absolute Gasteiger partial charge is 0.181 e. The first-order chi connectivity index (χ1) is 12.3. The molecule has 0 saturated heterocycles. The number of hydrazone groups is 1. The Morgan fingerprint density at radius 2 is 2.08 bits per heavy atom. The Hall–Kier alpha value is -2.99. The van der Waals surface area contributed by atoms with Gasteiger partial charge >= 0.3 is 0 Å². The molecule has 0 unspecified atom stereocenters. The summed E-state index contributed by atoms with van der Waals surface area (Å²) in [5, 5.41) is 4.28. The molecule has 3 heterocycles. The number of nitrogens with zero attached hydrogens (tertiary/aromatic N) is 4. The zero-order chi connectivity index (χ0) is 17.1. The van der Waals surface area contributed by atoms with Gasteiger partial charge in [0.25, 0.3) is 0 Å². The molecule has 0 fully saturated rings. The summed E-state index contributed by atoms with van der Waals surface area (Å²) < 4.78 is 5.28. The summed E-state index contributed by atoms with van der Waals surface area (Å²) in [7, 11) is 2.13. The molecule has 126 valence electrons. The van der Waals surface area contributed by atoms with Crippen molar-refractivity contribution in [2.75, 3.05) is 19.0 Å². The SMILES string of the molecule is CN1CCc2cc(/C=N/Nc3ccc(-c4cnco4)cc3)ncc2C1. The number of oxazole rings is 1. The lowest BCUT2D eigenvalue weighted by molar-refractivity contribution is 0.312. The summed E-state index contributed by atoms with van der Waals surface area (Å²) in [6.07, 6.45) is 7.89. The van der Waals surface area contributed by atoms with E-state index in [0.717, 1.165) is 42.2 Å². The summed E-state index contributed by atoms with van der Waals surface area (Å²) in [4.78, 5) is 10.7. The summed E-state index contributed by atoms with van der Waals surface area (Å²) in [5.74, 6) is 0.749. The van der Waals surface area contributed by atoms with Gasteiger partial charge in [0.1, 0.15) is 0 Å². The molecule has 1 aliphatic rings. The van der Waals surface area contributed by atoms with Gasteiger partial charge in [-0.05, 0) is 54.9 Å². The van der Waals surface area contributed by atoms with Crippen LogP contribution in [0.5, 0.6) is 0 Å². The van der Waals surface area contributed by atoms with Gasteiger partial charge in [-0.3, -0.25) is 10.4 Å². The molecule has 3 aromatic rings. The molecule has 0 saturated carbocycles. The molecule has 0 amide bonds. The van der Waals surface area contributed by atoms with Crippen molar-refractivity contribution in [2.45, 2.75) is 13.0 Å². The zero-order valence-corrected chi connectivity index (χ0v) is 14.0. The van der Waals surface area contributed by atoms with Crippen molar-refractivity contribution >= 4 is 11.9 Å². The van der Waals surface area contributed by atoms with Crippen LogP contribution in [0.15, 0.2) is 58.6 Å². The first kappa shape index (κ1) is 15.5. The molecule has 1 N–H and O–H groups in total. The number of likely N-dealkylation sites (N-methyl/N-ethyl adjacent to an activating group) is 1. The van der Waals surface area contributed by atoms with Crippen LogP contribution in [0.3, 0.4) is 0 Å². The van der Waals surface area contributed by atoms with Crippen molar-refractivity contribution < 1.29 is 4.42 Å². The van der Waals surface area contributed by atoms with E-state index in [0.29, 0.717) is 0 Å². The minimum absolute atomic E-state index is 0.749. The fourth-order valence-corrected chi connectivity index (χ4v) is 2.91. The van der Waals surface area contributed by atoms with Crippen molar-refractivity contribution in [3.8, 4) is 11.3 Å². The van der Waals surface area contributed by atoms with Crippen molar-refractivity contribution in [1.82, 2.24) is 14.9 Å². The van der Waals surface area contributed by atoms with E-state index in [2.05, 4.69) is 38.5 Å².